The molecule has 0 bridgehead atoms. The molecule has 0 radical (unpaired) electrons. The lowest BCUT2D eigenvalue weighted by Crippen LogP contribution is -2.61. The van der Waals surface area contributed by atoms with Crippen molar-refractivity contribution < 1.29 is 0 Å². The van der Waals surface area contributed by atoms with Crippen LogP contribution in [-0.4, -0.2) is 12.7 Å². The van der Waals surface area contributed by atoms with Gasteiger partial charge in [0.25, 0.3) is 0 Å². The van der Waals surface area contributed by atoms with Crippen LogP contribution < -0.4 is 11.1 Å². The summed E-state index contributed by atoms with van der Waals surface area (Å²) in [5.41, 5.74) is 13.9. The van der Waals surface area contributed by atoms with E-state index in [1.54, 1.807) is 22.3 Å². The Morgan fingerprint density at radius 1 is 0.806 bits per heavy atom. The number of hydrogen-bond donors (Lipinski definition) is 2. The number of aryl methyl sites for hydroxylation is 1. The van der Waals surface area contributed by atoms with E-state index in [1.807, 2.05) is 0 Å². The number of fused-ring (bicyclic) bond motifs is 6. The fraction of sp³-hybridized carbons (Fsp3) is 0.586. The Balaban J connectivity index is 1.33. The normalized spacial score (nSPS) is 34.9. The van der Waals surface area contributed by atoms with Gasteiger partial charge < -0.3 is 11.1 Å². The van der Waals surface area contributed by atoms with E-state index < -0.39 is 0 Å². The zero-order valence-electron chi connectivity index (χ0n) is 18.9. The average Bonchev–Trinajstić information content (AvgIpc) is 3.18. The van der Waals surface area contributed by atoms with Crippen LogP contribution in [0.5, 0.6) is 0 Å². The lowest BCUT2D eigenvalue weighted by Gasteiger charge is -2.51. The first-order valence-electron chi connectivity index (χ1n) is 12.9. The van der Waals surface area contributed by atoms with Gasteiger partial charge in [0.2, 0.25) is 0 Å². The highest BCUT2D eigenvalue weighted by Gasteiger charge is 2.52. The van der Waals surface area contributed by atoms with Gasteiger partial charge in [-0.1, -0.05) is 74.2 Å². The Morgan fingerprint density at radius 3 is 2.39 bits per heavy atom. The third kappa shape index (κ3) is 2.98. The van der Waals surface area contributed by atoms with Gasteiger partial charge in [-0.2, -0.15) is 0 Å². The quantitative estimate of drug-likeness (QED) is 0.637. The van der Waals surface area contributed by atoms with Crippen LogP contribution in [0.1, 0.15) is 80.0 Å². The molecule has 2 fully saturated rings. The zero-order valence-corrected chi connectivity index (χ0v) is 18.9. The van der Waals surface area contributed by atoms with Crippen LogP contribution in [0.4, 0.5) is 0 Å². The van der Waals surface area contributed by atoms with Gasteiger partial charge in [-0.25, -0.2) is 0 Å². The SMILES string of the molecule is NC(NCC12CCCCC1CCc1ccccc12)C12CCCCC1Cc1ccccc12. The summed E-state index contributed by atoms with van der Waals surface area (Å²) in [6, 6.07) is 18.5. The lowest BCUT2D eigenvalue weighted by molar-refractivity contribution is 0.115. The summed E-state index contributed by atoms with van der Waals surface area (Å²) in [5, 5.41) is 4.03. The molecule has 0 heterocycles. The molecule has 164 valence electrons. The Labute approximate surface area is 188 Å². The Morgan fingerprint density at radius 2 is 1.52 bits per heavy atom. The summed E-state index contributed by atoms with van der Waals surface area (Å²) in [7, 11) is 0. The van der Waals surface area contributed by atoms with Crippen LogP contribution in [0.15, 0.2) is 48.5 Å². The highest BCUT2D eigenvalue weighted by Crippen LogP contribution is 2.54. The summed E-state index contributed by atoms with van der Waals surface area (Å²) >= 11 is 0. The summed E-state index contributed by atoms with van der Waals surface area (Å²) in [4.78, 5) is 0. The van der Waals surface area contributed by atoms with Gasteiger partial charge >= 0.3 is 0 Å². The summed E-state index contributed by atoms with van der Waals surface area (Å²) in [6.45, 7) is 1.05. The predicted molar refractivity (Wildman–Crippen MR) is 128 cm³/mol. The second kappa shape index (κ2) is 7.74. The molecule has 0 amide bonds. The van der Waals surface area contributed by atoms with Crippen LogP contribution in [0.25, 0.3) is 0 Å². The van der Waals surface area contributed by atoms with Gasteiger partial charge in [0.05, 0.1) is 6.17 Å². The van der Waals surface area contributed by atoms with Crippen molar-refractivity contribution in [1.29, 1.82) is 0 Å². The summed E-state index contributed by atoms with van der Waals surface area (Å²) in [6.07, 6.45) is 14.6. The van der Waals surface area contributed by atoms with Crippen molar-refractivity contribution >= 4 is 0 Å². The van der Waals surface area contributed by atoms with Crippen molar-refractivity contribution in [3.63, 3.8) is 0 Å². The molecular weight excluding hydrogens is 376 g/mol. The number of nitrogens with two attached hydrogens (primary N) is 1. The van der Waals surface area contributed by atoms with Crippen LogP contribution in [-0.2, 0) is 23.7 Å². The molecule has 0 saturated heterocycles. The molecule has 2 aromatic rings. The van der Waals surface area contributed by atoms with Gasteiger partial charge in [0, 0.05) is 17.4 Å². The highest BCUT2D eigenvalue weighted by molar-refractivity contribution is 5.43. The van der Waals surface area contributed by atoms with E-state index in [0.29, 0.717) is 5.92 Å². The van der Waals surface area contributed by atoms with Crippen LogP contribution >= 0.6 is 0 Å². The van der Waals surface area contributed by atoms with Crippen LogP contribution in [0.3, 0.4) is 0 Å². The van der Waals surface area contributed by atoms with Crippen molar-refractivity contribution in [2.45, 2.75) is 87.6 Å². The molecule has 6 rings (SSSR count). The van der Waals surface area contributed by atoms with Crippen LogP contribution in [0, 0.1) is 11.8 Å². The lowest BCUT2D eigenvalue weighted by atomic mass is 9.57. The van der Waals surface area contributed by atoms with Crippen molar-refractivity contribution in [3.8, 4) is 0 Å². The fourth-order valence-corrected chi connectivity index (χ4v) is 8.35. The van der Waals surface area contributed by atoms with Gasteiger partial charge in [0.1, 0.15) is 0 Å². The van der Waals surface area contributed by atoms with Crippen molar-refractivity contribution in [2.75, 3.05) is 6.54 Å². The second-order valence-electron chi connectivity index (χ2n) is 11.0. The Hall–Kier alpha value is -1.64. The van der Waals surface area contributed by atoms with Gasteiger partial charge in [-0.3, -0.25) is 0 Å². The number of hydrogen-bond acceptors (Lipinski definition) is 2. The minimum atomic E-state index is 0.0486. The standard InChI is InChI=1S/C29H38N2/c30-27(29-18-8-6-12-24(29)19-22-10-2-4-14-26(22)29)31-20-28-17-7-5-11-23(28)16-15-21-9-1-3-13-25(21)28/h1-4,9-10,13-14,23-24,27,31H,5-8,11-12,15-20,30H2. The Bertz CT molecular complexity index is 951. The van der Waals surface area contributed by atoms with Crippen LogP contribution in [0.2, 0.25) is 0 Å². The summed E-state index contributed by atoms with van der Waals surface area (Å²) < 4.78 is 0. The number of nitrogens with one attached hydrogen (secondary N) is 1. The largest absolute Gasteiger partial charge is 0.315 e. The van der Waals surface area contributed by atoms with E-state index in [1.165, 1.54) is 70.6 Å². The molecule has 31 heavy (non-hydrogen) atoms. The molecular formula is C29H38N2. The van der Waals surface area contributed by atoms with Gasteiger partial charge in [-0.05, 0) is 79.0 Å². The maximum absolute atomic E-state index is 7.18. The fourth-order valence-electron chi connectivity index (χ4n) is 8.35. The minimum absolute atomic E-state index is 0.0486. The first-order chi connectivity index (χ1) is 15.2. The Kier molecular flexibility index (Phi) is 5.00. The monoisotopic (exact) mass is 414 g/mol. The third-order valence-electron chi connectivity index (χ3n) is 9.82. The maximum atomic E-state index is 7.18. The van der Waals surface area contributed by atoms with E-state index in [0.717, 1.165) is 12.5 Å². The van der Waals surface area contributed by atoms with Gasteiger partial charge in [-0.15, -0.1) is 0 Å². The van der Waals surface area contributed by atoms with Crippen molar-refractivity contribution in [3.05, 3.63) is 70.8 Å². The molecule has 4 aliphatic carbocycles. The third-order valence-corrected chi connectivity index (χ3v) is 9.82. The predicted octanol–water partition coefficient (Wildman–Crippen LogP) is 5.62. The molecule has 2 aromatic carbocycles. The zero-order chi connectivity index (χ0) is 20.9. The van der Waals surface area contributed by atoms with E-state index in [-0.39, 0.29) is 17.0 Å². The summed E-state index contributed by atoms with van der Waals surface area (Å²) in [5.74, 6) is 1.52. The topological polar surface area (TPSA) is 38.0 Å². The molecule has 3 N–H and O–H groups in total. The molecule has 5 unspecified atom stereocenters. The number of rotatable bonds is 4. The first-order valence-corrected chi connectivity index (χ1v) is 12.9. The van der Waals surface area contributed by atoms with E-state index in [9.17, 15) is 0 Å². The van der Waals surface area contributed by atoms with Gasteiger partial charge in [0.15, 0.2) is 0 Å². The van der Waals surface area contributed by atoms with E-state index >= 15 is 0 Å². The minimum Gasteiger partial charge on any atom is -0.315 e. The second-order valence-corrected chi connectivity index (χ2v) is 11.0. The smallest absolute Gasteiger partial charge is 0.0649 e. The molecule has 0 spiro atoms. The molecule has 5 atom stereocenters. The molecule has 2 saturated carbocycles. The first kappa shape index (κ1) is 20.0. The molecule has 2 nitrogen and oxygen atoms in total. The van der Waals surface area contributed by atoms with E-state index in [4.69, 9.17) is 5.73 Å². The van der Waals surface area contributed by atoms with Crippen molar-refractivity contribution in [2.24, 2.45) is 17.6 Å². The number of benzene rings is 2. The molecule has 2 heteroatoms. The average molecular weight is 415 g/mol. The highest BCUT2D eigenvalue weighted by atomic mass is 15.1. The van der Waals surface area contributed by atoms with E-state index in [2.05, 4.69) is 53.8 Å². The molecule has 0 aromatic heterocycles. The molecule has 4 aliphatic rings. The molecule has 0 aliphatic heterocycles. The maximum Gasteiger partial charge on any atom is 0.0649 e. The van der Waals surface area contributed by atoms with Crippen molar-refractivity contribution in [1.82, 2.24) is 5.32 Å².